The summed E-state index contributed by atoms with van der Waals surface area (Å²) >= 11 is 0. The standard InChI is InChI=1S/C19H25NO/c1-20-12-17(21)19-10-14-7-15(11-19)9-18(8-14,13-19)16-5-3-2-4-6-16/h2-6,14-15,20H,7-13H2,1H3/t14-,15-,18?,19?/m1/s1. The van der Waals surface area contributed by atoms with Crippen LogP contribution in [0.4, 0.5) is 0 Å². The quantitative estimate of drug-likeness (QED) is 0.918. The minimum absolute atomic E-state index is 0.0249. The van der Waals surface area contributed by atoms with E-state index in [0.29, 0.717) is 12.3 Å². The molecule has 0 radical (unpaired) electrons. The van der Waals surface area contributed by atoms with E-state index in [4.69, 9.17) is 0 Å². The molecule has 2 atom stereocenters. The first-order valence-electron chi connectivity index (χ1n) is 8.39. The zero-order valence-electron chi connectivity index (χ0n) is 12.9. The van der Waals surface area contributed by atoms with Crippen molar-refractivity contribution in [3.05, 3.63) is 35.9 Å². The van der Waals surface area contributed by atoms with Crippen LogP contribution in [-0.4, -0.2) is 19.4 Å². The summed E-state index contributed by atoms with van der Waals surface area (Å²) < 4.78 is 0. The van der Waals surface area contributed by atoms with Gasteiger partial charge in [0.2, 0.25) is 0 Å². The average Bonchev–Trinajstić information content (AvgIpc) is 2.47. The fourth-order valence-corrected chi connectivity index (χ4v) is 6.07. The van der Waals surface area contributed by atoms with E-state index in [1.54, 1.807) is 0 Å². The Labute approximate surface area is 127 Å². The Morgan fingerprint density at radius 2 is 1.81 bits per heavy atom. The van der Waals surface area contributed by atoms with Crippen LogP contribution in [0.5, 0.6) is 0 Å². The molecule has 0 unspecified atom stereocenters. The van der Waals surface area contributed by atoms with E-state index in [1.807, 2.05) is 7.05 Å². The summed E-state index contributed by atoms with van der Waals surface area (Å²) in [6.45, 7) is 0.546. The third-order valence-electron chi connectivity index (χ3n) is 6.38. The zero-order chi connectivity index (χ0) is 14.5. The van der Waals surface area contributed by atoms with Crippen molar-refractivity contribution >= 4 is 5.78 Å². The second kappa shape index (κ2) is 4.67. The zero-order valence-corrected chi connectivity index (χ0v) is 12.9. The molecule has 1 N–H and O–H groups in total. The predicted octanol–water partition coefficient (Wildman–Crippen LogP) is 3.31. The van der Waals surface area contributed by atoms with Crippen LogP contribution in [-0.2, 0) is 10.2 Å². The lowest BCUT2D eigenvalue weighted by molar-refractivity contribution is -0.145. The normalized spacial score (nSPS) is 40.4. The van der Waals surface area contributed by atoms with Crippen molar-refractivity contribution in [1.29, 1.82) is 0 Å². The van der Waals surface area contributed by atoms with Gasteiger partial charge in [0, 0.05) is 5.41 Å². The van der Waals surface area contributed by atoms with Crippen LogP contribution in [0, 0.1) is 17.3 Å². The van der Waals surface area contributed by atoms with Gasteiger partial charge in [-0.1, -0.05) is 30.3 Å². The number of carbonyl (C=O) groups is 1. The minimum Gasteiger partial charge on any atom is -0.313 e. The SMILES string of the molecule is CNCC(=O)C12C[C@@H]3C[C@@H](C1)CC(c1ccccc1)(C3)C2. The number of hydrogen-bond donors (Lipinski definition) is 1. The predicted molar refractivity (Wildman–Crippen MR) is 84.2 cm³/mol. The molecule has 4 aliphatic carbocycles. The van der Waals surface area contributed by atoms with Gasteiger partial charge in [-0.25, -0.2) is 0 Å². The molecule has 5 rings (SSSR count). The van der Waals surface area contributed by atoms with Crippen molar-refractivity contribution in [2.24, 2.45) is 17.3 Å². The van der Waals surface area contributed by atoms with Gasteiger partial charge in [0.1, 0.15) is 0 Å². The van der Waals surface area contributed by atoms with Crippen LogP contribution in [0.25, 0.3) is 0 Å². The molecule has 2 nitrogen and oxygen atoms in total. The number of benzene rings is 1. The summed E-state index contributed by atoms with van der Waals surface area (Å²) in [5.74, 6) is 2.01. The number of nitrogens with one attached hydrogen (secondary N) is 1. The Morgan fingerprint density at radius 1 is 1.14 bits per heavy atom. The van der Waals surface area contributed by atoms with Crippen LogP contribution in [0.1, 0.15) is 44.1 Å². The first-order valence-corrected chi connectivity index (χ1v) is 8.39. The molecule has 112 valence electrons. The molecule has 0 spiro atoms. The van der Waals surface area contributed by atoms with Gasteiger partial charge >= 0.3 is 0 Å². The Morgan fingerprint density at radius 3 is 2.43 bits per heavy atom. The number of likely N-dealkylation sites (N-methyl/N-ethyl adjacent to an activating group) is 1. The second-order valence-corrected chi connectivity index (χ2v) is 7.84. The molecule has 21 heavy (non-hydrogen) atoms. The van der Waals surface area contributed by atoms with Crippen molar-refractivity contribution < 1.29 is 4.79 Å². The van der Waals surface area contributed by atoms with Crippen molar-refractivity contribution in [1.82, 2.24) is 5.32 Å². The lowest BCUT2D eigenvalue weighted by Gasteiger charge is -2.61. The molecule has 1 aromatic carbocycles. The summed E-state index contributed by atoms with van der Waals surface area (Å²) in [4.78, 5) is 12.8. The average molecular weight is 283 g/mol. The smallest absolute Gasteiger partial charge is 0.152 e. The largest absolute Gasteiger partial charge is 0.313 e. The maximum absolute atomic E-state index is 12.8. The molecule has 0 aliphatic heterocycles. The highest BCUT2D eigenvalue weighted by atomic mass is 16.1. The van der Waals surface area contributed by atoms with Crippen molar-refractivity contribution in [2.75, 3.05) is 13.6 Å². The lowest BCUT2D eigenvalue weighted by atomic mass is 9.42. The van der Waals surface area contributed by atoms with Gasteiger partial charge < -0.3 is 5.32 Å². The van der Waals surface area contributed by atoms with Crippen molar-refractivity contribution in [3.63, 3.8) is 0 Å². The summed E-state index contributed by atoms with van der Waals surface area (Å²) in [5, 5.41) is 3.10. The highest BCUT2D eigenvalue weighted by Crippen LogP contribution is 2.65. The van der Waals surface area contributed by atoms with Gasteiger partial charge in [-0.15, -0.1) is 0 Å². The van der Waals surface area contributed by atoms with Crippen LogP contribution in [0.15, 0.2) is 30.3 Å². The maximum atomic E-state index is 12.8. The Kier molecular flexibility index (Phi) is 3.01. The van der Waals surface area contributed by atoms with Crippen LogP contribution >= 0.6 is 0 Å². The van der Waals surface area contributed by atoms with E-state index < -0.39 is 0 Å². The number of rotatable bonds is 4. The molecule has 0 aromatic heterocycles. The van der Waals surface area contributed by atoms with Crippen molar-refractivity contribution in [2.45, 2.75) is 43.9 Å². The third kappa shape index (κ3) is 1.99. The van der Waals surface area contributed by atoms with E-state index in [9.17, 15) is 4.79 Å². The molecule has 4 saturated carbocycles. The molecule has 0 saturated heterocycles. The first kappa shape index (κ1) is 13.5. The third-order valence-corrected chi connectivity index (χ3v) is 6.38. The molecular weight excluding hydrogens is 258 g/mol. The number of hydrogen-bond acceptors (Lipinski definition) is 2. The molecule has 0 amide bonds. The highest BCUT2D eigenvalue weighted by Gasteiger charge is 2.60. The minimum atomic E-state index is -0.0249. The molecule has 4 fully saturated rings. The summed E-state index contributed by atoms with van der Waals surface area (Å²) in [6, 6.07) is 11.0. The second-order valence-electron chi connectivity index (χ2n) is 7.84. The molecule has 4 bridgehead atoms. The first-order chi connectivity index (χ1) is 10.2. The maximum Gasteiger partial charge on any atom is 0.152 e. The topological polar surface area (TPSA) is 29.1 Å². The molecule has 0 heterocycles. The number of ketones is 1. The Hall–Kier alpha value is -1.15. The van der Waals surface area contributed by atoms with Gasteiger partial charge in [-0.3, -0.25) is 4.79 Å². The van der Waals surface area contributed by atoms with E-state index >= 15 is 0 Å². The fourth-order valence-electron chi connectivity index (χ4n) is 6.07. The molecule has 4 aliphatic rings. The number of carbonyl (C=O) groups excluding carboxylic acids is 1. The van der Waals surface area contributed by atoms with Crippen LogP contribution in [0.2, 0.25) is 0 Å². The van der Waals surface area contributed by atoms with E-state index in [0.717, 1.165) is 31.1 Å². The summed E-state index contributed by atoms with van der Waals surface area (Å²) in [6.07, 6.45) is 7.38. The Bertz CT molecular complexity index is 536. The van der Waals surface area contributed by atoms with E-state index in [1.165, 1.54) is 24.8 Å². The van der Waals surface area contributed by atoms with Gasteiger partial charge in [0.15, 0.2) is 5.78 Å². The van der Waals surface area contributed by atoms with Gasteiger partial charge in [0.05, 0.1) is 6.54 Å². The molecule has 2 heteroatoms. The number of Topliss-reactive ketones (excluding diaryl/α,β-unsaturated/α-hetero) is 1. The van der Waals surface area contributed by atoms with Crippen LogP contribution < -0.4 is 5.32 Å². The van der Waals surface area contributed by atoms with E-state index in [-0.39, 0.29) is 10.8 Å². The van der Waals surface area contributed by atoms with Gasteiger partial charge in [-0.05, 0) is 68.4 Å². The highest BCUT2D eigenvalue weighted by molar-refractivity contribution is 5.87. The summed E-state index contributed by atoms with van der Waals surface area (Å²) in [7, 11) is 1.89. The van der Waals surface area contributed by atoms with Gasteiger partial charge in [0.25, 0.3) is 0 Å². The van der Waals surface area contributed by atoms with Gasteiger partial charge in [-0.2, -0.15) is 0 Å². The molecular formula is C19H25NO. The van der Waals surface area contributed by atoms with E-state index in [2.05, 4.69) is 35.6 Å². The van der Waals surface area contributed by atoms with Crippen molar-refractivity contribution in [3.8, 4) is 0 Å². The fraction of sp³-hybridized carbons (Fsp3) is 0.632. The lowest BCUT2D eigenvalue weighted by Crippen LogP contribution is -2.57. The van der Waals surface area contributed by atoms with Crippen LogP contribution in [0.3, 0.4) is 0 Å². The monoisotopic (exact) mass is 283 g/mol. The molecule has 1 aromatic rings. The summed E-state index contributed by atoms with van der Waals surface area (Å²) in [5.41, 5.74) is 1.75. The Balaban J connectivity index is 1.73.